The third-order valence-electron chi connectivity index (χ3n) is 2.54. The van der Waals surface area contributed by atoms with Crippen LogP contribution in [-0.2, 0) is 0 Å². The van der Waals surface area contributed by atoms with Crippen LogP contribution < -0.4 is 4.74 Å². The van der Waals surface area contributed by atoms with Gasteiger partial charge in [0.2, 0.25) is 0 Å². The molecule has 0 bridgehead atoms. The Morgan fingerprint density at radius 2 is 1.83 bits per heavy atom. The van der Waals surface area contributed by atoms with Crippen LogP contribution >= 0.6 is 11.6 Å². The number of benzene rings is 2. The molecule has 0 fully saturated rings. The summed E-state index contributed by atoms with van der Waals surface area (Å²) in [7, 11) is 0. The summed E-state index contributed by atoms with van der Waals surface area (Å²) in [4.78, 5) is 0. The monoisotopic (exact) mass is 256 g/mol. The summed E-state index contributed by atoms with van der Waals surface area (Å²) in [5.74, 6) is 3.20. The molecule has 0 radical (unpaired) electrons. The number of ether oxygens (including phenoxy) is 1. The Morgan fingerprint density at radius 3 is 2.50 bits per heavy atom. The summed E-state index contributed by atoms with van der Waals surface area (Å²) < 4.78 is 5.49. The molecule has 0 heterocycles. The number of terminal acetylenes is 1. The van der Waals surface area contributed by atoms with Crippen LogP contribution in [0, 0.1) is 12.3 Å². The van der Waals surface area contributed by atoms with Gasteiger partial charge in [-0.25, -0.2) is 0 Å². The zero-order chi connectivity index (χ0) is 12.8. The predicted molar refractivity (Wildman–Crippen MR) is 75.8 cm³/mol. The lowest BCUT2D eigenvalue weighted by molar-refractivity contribution is 0.327. The van der Waals surface area contributed by atoms with Gasteiger partial charge in [0.05, 0.1) is 11.6 Å². The van der Waals surface area contributed by atoms with Crippen molar-refractivity contribution in [2.75, 3.05) is 6.61 Å². The highest BCUT2D eigenvalue weighted by Gasteiger charge is 2.04. The first-order valence-electron chi connectivity index (χ1n) is 5.72. The summed E-state index contributed by atoms with van der Waals surface area (Å²) in [6.45, 7) is 0.487. The Bertz CT molecular complexity index is 555. The van der Waals surface area contributed by atoms with Crippen LogP contribution in [0.5, 0.6) is 5.75 Å². The van der Waals surface area contributed by atoms with Gasteiger partial charge >= 0.3 is 0 Å². The summed E-state index contributed by atoms with van der Waals surface area (Å²) >= 11 is 6.18. The van der Waals surface area contributed by atoms with Crippen LogP contribution in [0.25, 0.3) is 11.1 Å². The van der Waals surface area contributed by atoms with Crippen LogP contribution in [0.4, 0.5) is 0 Å². The zero-order valence-corrected chi connectivity index (χ0v) is 10.7. The van der Waals surface area contributed by atoms with Gasteiger partial charge in [-0.1, -0.05) is 48.0 Å². The molecule has 0 spiro atoms. The summed E-state index contributed by atoms with van der Waals surface area (Å²) in [5, 5.41) is 0.605. The Hall–Kier alpha value is -1.91. The minimum atomic E-state index is 0.487. The van der Waals surface area contributed by atoms with Gasteiger partial charge < -0.3 is 4.74 Å². The lowest BCUT2D eigenvalue weighted by Crippen LogP contribution is -1.96. The molecular formula is C16H13ClO. The molecule has 0 atom stereocenters. The molecule has 2 heteroatoms. The van der Waals surface area contributed by atoms with E-state index in [2.05, 4.69) is 5.92 Å². The van der Waals surface area contributed by atoms with Gasteiger partial charge in [0.25, 0.3) is 0 Å². The minimum absolute atomic E-state index is 0.487. The number of rotatable bonds is 4. The maximum absolute atomic E-state index is 6.18. The molecule has 2 aromatic carbocycles. The maximum atomic E-state index is 6.18. The molecule has 2 rings (SSSR count). The largest absolute Gasteiger partial charge is 0.491 e. The van der Waals surface area contributed by atoms with Crippen molar-refractivity contribution in [1.29, 1.82) is 0 Å². The summed E-state index contributed by atoms with van der Waals surface area (Å²) in [6, 6.07) is 15.9. The fraction of sp³-hybridized carbons (Fsp3) is 0.125. The van der Waals surface area contributed by atoms with Gasteiger partial charge in [-0.05, 0) is 23.3 Å². The first-order chi connectivity index (χ1) is 8.81. The Labute approximate surface area is 112 Å². The van der Waals surface area contributed by atoms with E-state index < -0.39 is 0 Å². The van der Waals surface area contributed by atoms with Crippen molar-refractivity contribution in [3.05, 3.63) is 53.6 Å². The van der Waals surface area contributed by atoms with E-state index in [1.165, 1.54) is 0 Å². The highest BCUT2D eigenvalue weighted by Crippen LogP contribution is 2.30. The molecule has 2 aromatic rings. The van der Waals surface area contributed by atoms with E-state index in [9.17, 15) is 0 Å². The van der Waals surface area contributed by atoms with Crippen LogP contribution in [0.3, 0.4) is 0 Å². The molecule has 18 heavy (non-hydrogen) atoms. The van der Waals surface area contributed by atoms with Crippen molar-refractivity contribution in [2.24, 2.45) is 0 Å². The first-order valence-corrected chi connectivity index (χ1v) is 6.10. The van der Waals surface area contributed by atoms with E-state index in [4.69, 9.17) is 22.8 Å². The van der Waals surface area contributed by atoms with Gasteiger partial charge in [-0.15, -0.1) is 12.3 Å². The summed E-state index contributed by atoms with van der Waals surface area (Å²) in [5.41, 5.74) is 2.21. The second kappa shape index (κ2) is 6.14. The van der Waals surface area contributed by atoms with Crippen molar-refractivity contribution in [2.45, 2.75) is 6.42 Å². The molecule has 0 unspecified atom stereocenters. The average molecular weight is 257 g/mol. The Balaban J connectivity index is 2.18. The normalized spacial score (nSPS) is 9.78. The fourth-order valence-corrected chi connectivity index (χ4v) is 1.88. The Kier molecular flexibility index (Phi) is 4.28. The highest BCUT2D eigenvalue weighted by atomic mass is 35.5. The van der Waals surface area contributed by atoms with E-state index in [0.29, 0.717) is 23.8 Å². The van der Waals surface area contributed by atoms with Crippen molar-refractivity contribution in [3.63, 3.8) is 0 Å². The minimum Gasteiger partial charge on any atom is -0.491 e. The third kappa shape index (κ3) is 3.06. The highest BCUT2D eigenvalue weighted by molar-refractivity contribution is 6.32. The van der Waals surface area contributed by atoms with Crippen LogP contribution in [0.15, 0.2) is 48.5 Å². The summed E-state index contributed by atoms with van der Waals surface area (Å²) in [6.07, 6.45) is 5.75. The topological polar surface area (TPSA) is 9.23 Å². The SMILES string of the molecule is C#CCCOc1ccc(-c2ccccc2)cc1Cl. The second-order valence-corrected chi connectivity index (χ2v) is 4.22. The lowest BCUT2D eigenvalue weighted by Gasteiger charge is -2.08. The van der Waals surface area contributed by atoms with Crippen LogP contribution in [0.1, 0.15) is 6.42 Å². The van der Waals surface area contributed by atoms with Crippen molar-refractivity contribution in [1.82, 2.24) is 0 Å². The molecule has 90 valence electrons. The zero-order valence-electron chi connectivity index (χ0n) is 9.90. The average Bonchev–Trinajstić information content (AvgIpc) is 2.42. The van der Waals surface area contributed by atoms with Crippen molar-refractivity contribution < 1.29 is 4.74 Å². The third-order valence-corrected chi connectivity index (χ3v) is 2.84. The van der Waals surface area contributed by atoms with Gasteiger partial charge in [0, 0.05) is 6.42 Å². The van der Waals surface area contributed by atoms with E-state index >= 15 is 0 Å². The molecule has 0 aliphatic carbocycles. The number of hydrogen-bond donors (Lipinski definition) is 0. The van der Waals surface area contributed by atoms with E-state index in [0.717, 1.165) is 11.1 Å². The van der Waals surface area contributed by atoms with E-state index in [1.54, 1.807) is 0 Å². The fourth-order valence-electron chi connectivity index (χ4n) is 1.65. The van der Waals surface area contributed by atoms with E-state index in [-0.39, 0.29) is 0 Å². The quantitative estimate of drug-likeness (QED) is 0.582. The molecule has 0 saturated heterocycles. The number of halogens is 1. The van der Waals surface area contributed by atoms with E-state index in [1.807, 2.05) is 48.5 Å². The molecule has 1 nitrogen and oxygen atoms in total. The second-order valence-electron chi connectivity index (χ2n) is 3.81. The maximum Gasteiger partial charge on any atom is 0.137 e. The molecule has 0 amide bonds. The molecule has 0 aromatic heterocycles. The molecule has 0 aliphatic heterocycles. The molecule has 0 saturated carbocycles. The first kappa shape index (κ1) is 12.5. The molecule has 0 aliphatic rings. The predicted octanol–water partition coefficient (Wildman–Crippen LogP) is 4.41. The lowest BCUT2D eigenvalue weighted by atomic mass is 10.1. The van der Waals surface area contributed by atoms with Gasteiger partial charge in [-0.2, -0.15) is 0 Å². The number of hydrogen-bond acceptors (Lipinski definition) is 1. The van der Waals surface area contributed by atoms with Gasteiger partial charge in [-0.3, -0.25) is 0 Å². The van der Waals surface area contributed by atoms with Crippen molar-refractivity contribution in [3.8, 4) is 29.2 Å². The van der Waals surface area contributed by atoms with Gasteiger partial charge in [0.1, 0.15) is 5.75 Å². The van der Waals surface area contributed by atoms with Gasteiger partial charge in [0.15, 0.2) is 0 Å². The van der Waals surface area contributed by atoms with Crippen molar-refractivity contribution >= 4 is 11.6 Å². The Morgan fingerprint density at radius 1 is 1.06 bits per heavy atom. The van der Waals surface area contributed by atoms with Crippen LogP contribution in [0.2, 0.25) is 5.02 Å². The molecule has 0 N–H and O–H groups in total. The van der Waals surface area contributed by atoms with Crippen LogP contribution in [-0.4, -0.2) is 6.61 Å². The smallest absolute Gasteiger partial charge is 0.137 e. The molecular weight excluding hydrogens is 244 g/mol. The standard InChI is InChI=1S/C16H13ClO/c1-2-3-11-18-16-10-9-14(12-15(16)17)13-7-5-4-6-8-13/h1,4-10,12H,3,11H2.